The lowest BCUT2D eigenvalue weighted by Gasteiger charge is -2.25. The first-order chi connectivity index (χ1) is 17.9. The van der Waals surface area contributed by atoms with Crippen molar-refractivity contribution in [1.29, 1.82) is 0 Å². The highest BCUT2D eigenvalue weighted by Gasteiger charge is 2.31. The van der Waals surface area contributed by atoms with Crippen LogP contribution >= 0.6 is 0 Å². The van der Waals surface area contributed by atoms with Crippen LogP contribution in [0.25, 0.3) is 0 Å². The van der Waals surface area contributed by atoms with Gasteiger partial charge in [-0.3, -0.25) is 4.79 Å². The molecule has 0 aliphatic carbocycles. The summed E-state index contributed by atoms with van der Waals surface area (Å²) in [6.45, 7) is 14.6. The highest BCUT2D eigenvalue weighted by molar-refractivity contribution is 5.75. The average molecular weight is 556 g/mol. The van der Waals surface area contributed by atoms with Gasteiger partial charge in [-0.05, 0) is 48.8 Å². The van der Waals surface area contributed by atoms with Gasteiger partial charge in [0, 0.05) is 5.92 Å². The number of nitrogens with two attached hydrogens (primary N) is 1. The van der Waals surface area contributed by atoms with Crippen LogP contribution in [0.3, 0.4) is 0 Å². The number of hydrogen-bond acceptors (Lipinski definition) is 11. The minimum absolute atomic E-state index is 0.00593. The van der Waals surface area contributed by atoms with Gasteiger partial charge in [0.05, 0.1) is 19.8 Å². The van der Waals surface area contributed by atoms with Crippen molar-refractivity contribution in [2.75, 3.05) is 19.8 Å². The van der Waals surface area contributed by atoms with Crippen molar-refractivity contribution >= 4 is 24.4 Å². The van der Waals surface area contributed by atoms with Crippen LogP contribution < -0.4 is 15.2 Å². The van der Waals surface area contributed by atoms with Crippen molar-refractivity contribution in [1.82, 2.24) is 0 Å². The van der Waals surface area contributed by atoms with Crippen molar-refractivity contribution < 1.29 is 52.7 Å². The molecule has 0 aromatic heterocycles. The molecule has 0 aliphatic heterocycles. The van der Waals surface area contributed by atoms with E-state index < -0.39 is 42.5 Å². The van der Waals surface area contributed by atoms with E-state index in [1.54, 1.807) is 13.8 Å². The summed E-state index contributed by atoms with van der Waals surface area (Å²) >= 11 is 0. The second kappa shape index (κ2) is 14.6. The molecule has 0 saturated carbocycles. The van der Waals surface area contributed by atoms with Gasteiger partial charge in [0.25, 0.3) is 0 Å². The Bertz CT molecular complexity index is 994. The van der Waals surface area contributed by atoms with E-state index in [2.05, 4.69) is 0 Å². The molecule has 0 fully saturated rings. The van der Waals surface area contributed by atoms with Crippen LogP contribution in [0.15, 0.2) is 18.2 Å². The van der Waals surface area contributed by atoms with Gasteiger partial charge < -0.3 is 39.3 Å². The Hall–Kier alpha value is -3.54. The Morgan fingerprint density at radius 2 is 1.36 bits per heavy atom. The molecule has 3 atom stereocenters. The number of carboxylic acid groups (broad SMARTS) is 1. The van der Waals surface area contributed by atoms with Crippen LogP contribution in [-0.4, -0.2) is 61.5 Å². The Labute approximate surface area is 229 Å². The van der Waals surface area contributed by atoms with Crippen molar-refractivity contribution in [3.05, 3.63) is 23.8 Å². The zero-order valence-electron chi connectivity index (χ0n) is 23.9. The molecule has 0 saturated heterocycles. The topological polar surface area (TPSA) is 170 Å². The lowest BCUT2D eigenvalue weighted by atomic mass is 9.87. The van der Waals surface area contributed by atoms with Crippen LogP contribution in [0.5, 0.6) is 11.5 Å². The Morgan fingerprint density at radius 3 is 1.82 bits per heavy atom. The van der Waals surface area contributed by atoms with Crippen molar-refractivity contribution in [2.45, 2.75) is 79.9 Å². The second-order valence-electron chi connectivity index (χ2n) is 11.4. The number of carbonyl (C=O) groups excluding carboxylic acids is 3. The maximum atomic E-state index is 12.4. The average Bonchev–Trinajstić information content (AvgIpc) is 2.79. The summed E-state index contributed by atoms with van der Waals surface area (Å²) in [5.74, 6) is -2.59. The van der Waals surface area contributed by atoms with Crippen molar-refractivity contribution in [3.8, 4) is 11.5 Å². The van der Waals surface area contributed by atoms with Crippen LogP contribution in [-0.2, 0) is 23.7 Å². The molecule has 0 radical (unpaired) electrons. The molecular weight excluding hydrogens is 514 g/mol. The highest BCUT2D eigenvalue weighted by atomic mass is 16.7. The van der Waals surface area contributed by atoms with E-state index in [9.17, 15) is 24.3 Å². The fourth-order valence-corrected chi connectivity index (χ4v) is 3.09. The predicted molar refractivity (Wildman–Crippen MR) is 140 cm³/mol. The molecule has 1 aromatic carbocycles. The predicted octanol–water partition coefficient (Wildman–Crippen LogP) is 5.26. The highest BCUT2D eigenvalue weighted by Crippen LogP contribution is 2.35. The molecule has 0 amide bonds. The number of hydrogen-bond donors (Lipinski definition) is 2. The molecule has 1 rings (SSSR count). The Morgan fingerprint density at radius 1 is 0.846 bits per heavy atom. The monoisotopic (exact) mass is 555 g/mol. The quantitative estimate of drug-likeness (QED) is 0.207. The van der Waals surface area contributed by atoms with Gasteiger partial charge in [-0.25, -0.2) is 14.4 Å². The van der Waals surface area contributed by atoms with Crippen LogP contribution in [0.2, 0.25) is 0 Å². The minimum Gasteiger partial charge on any atom is -0.480 e. The molecule has 0 heterocycles. The van der Waals surface area contributed by atoms with Crippen molar-refractivity contribution in [3.63, 3.8) is 0 Å². The van der Waals surface area contributed by atoms with Gasteiger partial charge in [0.15, 0.2) is 11.5 Å². The lowest BCUT2D eigenvalue weighted by Crippen LogP contribution is -2.38. The minimum atomic E-state index is -1.41. The van der Waals surface area contributed by atoms with Gasteiger partial charge in [-0.1, -0.05) is 47.6 Å². The third-order valence-corrected chi connectivity index (χ3v) is 4.89. The zero-order valence-corrected chi connectivity index (χ0v) is 23.9. The Balaban J connectivity index is 3.33. The third-order valence-electron chi connectivity index (χ3n) is 4.89. The van der Waals surface area contributed by atoms with Crippen LogP contribution in [0, 0.1) is 10.8 Å². The SMILES string of the molecule is CCOC(=O)OC(C)CC(c1ccc(OC(=O)OCC(C)(C)C)c(OC(=O)OCC(C)(C)C)c1)[C@H](N)C(=O)O. The molecular formula is C27H41NO11. The maximum absolute atomic E-state index is 12.4. The summed E-state index contributed by atoms with van der Waals surface area (Å²) in [5, 5.41) is 9.60. The number of rotatable bonds is 11. The molecule has 12 heteroatoms. The van der Waals surface area contributed by atoms with Gasteiger partial charge in [-0.15, -0.1) is 0 Å². The van der Waals surface area contributed by atoms with E-state index in [0.717, 1.165) is 0 Å². The summed E-state index contributed by atoms with van der Waals surface area (Å²) in [6.07, 6.45) is -3.78. The van der Waals surface area contributed by atoms with Crippen LogP contribution in [0.4, 0.5) is 14.4 Å². The maximum Gasteiger partial charge on any atom is 0.513 e. The summed E-state index contributed by atoms with van der Waals surface area (Å²) in [6, 6.07) is 2.68. The fourth-order valence-electron chi connectivity index (χ4n) is 3.09. The summed E-state index contributed by atoms with van der Waals surface area (Å²) in [4.78, 5) is 48.2. The lowest BCUT2D eigenvalue weighted by molar-refractivity contribution is -0.139. The smallest absolute Gasteiger partial charge is 0.480 e. The second-order valence-corrected chi connectivity index (χ2v) is 11.4. The molecule has 0 bridgehead atoms. The third kappa shape index (κ3) is 13.2. The molecule has 220 valence electrons. The number of carboxylic acids is 1. The van der Waals surface area contributed by atoms with Gasteiger partial charge >= 0.3 is 24.4 Å². The Kier molecular flexibility index (Phi) is 12.5. The van der Waals surface area contributed by atoms with E-state index in [4.69, 9.17) is 34.2 Å². The first-order valence-corrected chi connectivity index (χ1v) is 12.6. The van der Waals surface area contributed by atoms with E-state index in [1.807, 2.05) is 41.5 Å². The molecule has 39 heavy (non-hydrogen) atoms. The van der Waals surface area contributed by atoms with Gasteiger partial charge in [-0.2, -0.15) is 0 Å². The first kappa shape index (κ1) is 33.5. The number of benzene rings is 1. The van der Waals surface area contributed by atoms with E-state index in [0.29, 0.717) is 5.56 Å². The normalized spacial score (nSPS) is 13.9. The van der Waals surface area contributed by atoms with E-state index >= 15 is 0 Å². The van der Waals surface area contributed by atoms with E-state index in [1.165, 1.54) is 18.2 Å². The van der Waals surface area contributed by atoms with E-state index in [-0.39, 0.29) is 48.6 Å². The number of aliphatic carboxylic acids is 1. The first-order valence-electron chi connectivity index (χ1n) is 12.6. The van der Waals surface area contributed by atoms with Gasteiger partial charge in [0.2, 0.25) is 0 Å². The molecule has 1 aromatic rings. The summed E-state index contributed by atoms with van der Waals surface area (Å²) in [7, 11) is 0. The standard InChI is InChI=1S/C27H41NO11/c1-9-34-23(31)37-16(2)12-18(21(28)22(29)30)17-10-11-19(38-24(32)35-14-26(3,4)5)20(13-17)39-25(33)36-15-27(6,7)8/h10-11,13,16,18,21H,9,12,14-15,28H2,1-8H3,(H,29,30)/t16?,18?,21-/m0/s1. The molecule has 0 spiro atoms. The molecule has 0 aliphatic rings. The number of carbonyl (C=O) groups is 4. The summed E-state index contributed by atoms with van der Waals surface area (Å²) in [5.41, 5.74) is 5.63. The fraction of sp³-hybridized carbons (Fsp3) is 0.630. The summed E-state index contributed by atoms with van der Waals surface area (Å²) < 4.78 is 30.8. The largest absolute Gasteiger partial charge is 0.513 e. The molecule has 2 unspecified atom stereocenters. The van der Waals surface area contributed by atoms with Crippen LogP contribution in [0.1, 0.15) is 73.3 Å². The van der Waals surface area contributed by atoms with Crippen molar-refractivity contribution in [2.24, 2.45) is 16.6 Å². The zero-order chi connectivity index (χ0) is 30.0. The van der Waals surface area contributed by atoms with Gasteiger partial charge in [0.1, 0.15) is 12.1 Å². The molecule has 3 N–H and O–H groups in total. The number of ether oxygens (including phenoxy) is 6. The molecule has 12 nitrogen and oxygen atoms in total.